The molecule has 6 nitrogen and oxygen atoms in total. The largest absolute Gasteiger partial charge is 0.494 e. The van der Waals surface area contributed by atoms with Crippen LogP contribution in [0.25, 0.3) is 0 Å². The quantitative estimate of drug-likeness (QED) is 0.440. The molecule has 0 fully saturated rings. The molecule has 0 saturated heterocycles. The number of thioether (sulfide) groups is 1. The molecule has 1 amide bonds. The summed E-state index contributed by atoms with van der Waals surface area (Å²) in [5.74, 6) is -1.78. The fraction of sp³-hybridized carbons (Fsp3) is 0.350. The molecule has 0 aliphatic carbocycles. The Morgan fingerprint density at radius 1 is 1.37 bits per heavy atom. The SMILES string of the molecule is C=C(C)CSC1=C(C#N)C(c2ccc(OCC)cc2)[C@H](C(=O)OC)C(=O)N1. The van der Waals surface area contributed by atoms with Crippen molar-refractivity contribution in [2.24, 2.45) is 5.92 Å². The molecule has 1 heterocycles. The first-order valence-electron chi connectivity index (χ1n) is 8.45. The first-order chi connectivity index (χ1) is 12.9. The third kappa shape index (κ3) is 4.72. The molecular formula is C20H22N2O4S. The predicted molar refractivity (Wildman–Crippen MR) is 104 cm³/mol. The third-order valence-corrected chi connectivity index (χ3v) is 5.24. The molecule has 2 atom stereocenters. The van der Waals surface area contributed by atoms with Gasteiger partial charge in [-0.05, 0) is 31.5 Å². The van der Waals surface area contributed by atoms with Crippen LogP contribution in [0, 0.1) is 17.2 Å². The summed E-state index contributed by atoms with van der Waals surface area (Å²) >= 11 is 1.32. The number of hydrogen-bond acceptors (Lipinski definition) is 6. The number of rotatable bonds is 7. The summed E-state index contributed by atoms with van der Waals surface area (Å²) in [7, 11) is 1.23. The van der Waals surface area contributed by atoms with Gasteiger partial charge in [-0.15, -0.1) is 11.8 Å². The van der Waals surface area contributed by atoms with E-state index >= 15 is 0 Å². The lowest BCUT2D eigenvalue weighted by Gasteiger charge is -2.31. The van der Waals surface area contributed by atoms with E-state index in [1.165, 1.54) is 18.9 Å². The molecule has 2 rings (SSSR count). The molecule has 0 spiro atoms. The highest BCUT2D eigenvalue weighted by Gasteiger charge is 2.44. The lowest BCUT2D eigenvalue weighted by Crippen LogP contribution is -2.44. The monoisotopic (exact) mass is 386 g/mol. The average Bonchev–Trinajstić information content (AvgIpc) is 2.66. The minimum absolute atomic E-state index is 0.334. The van der Waals surface area contributed by atoms with Crippen molar-refractivity contribution in [1.29, 1.82) is 5.26 Å². The number of esters is 1. The van der Waals surface area contributed by atoms with Gasteiger partial charge < -0.3 is 14.8 Å². The zero-order chi connectivity index (χ0) is 20.0. The van der Waals surface area contributed by atoms with Gasteiger partial charge in [-0.2, -0.15) is 5.26 Å². The molecule has 1 N–H and O–H groups in total. The first-order valence-corrected chi connectivity index (χ1v) is 9.44. The Kier molecular flexibility index (Phi) is 7.08. The second-order valence-corrected chi connectivity index (χ2v) is 7.06. The lowest BCUT2D eigenvalue weighted by molar-refractivity contribution is -0.150. The van der Waals surface area contributed by atoms with Crippen LogP contribution in [0.2, 0.25) is 0 Å². The van der Waals surface area contributed by atoms with E-state index in [-0.39, 0.29) is 0 Å². The van der Waals surface area contributed by atoms with Gasteiger partial charge in [-0.3, -0.25) is 9.59 Å². The number of carbonyl (C=O) groups is 2. The Bertz CT molecular complexity index is 808. The number of benzene rings is 1. The normalized spacial score (nSPS) is 19.1. The number of allylic oxidation sites excluding steroid dienone is 1. The second-order valence-electron chi connectivity index (χ2n) is 6.07. The molecule has 27 heavy (non-hydrogen) atoms. The Hall–Kier alpha value is -2.72. The number of carbonyl (C=O) groups excluding carboxylic acids is 2. The van der Waals surface area contributed by atoms with Crippen molar-refractivity contribution in [3.8, 4) is 11.8 Å². The highest BCUT2D eigenvalue weighted by molar-refractivity contribution is 8.03. The van der Waals surface area contributed by atoms with Gasteiger partial charge in [-0.1, -0.05) is 24.3 Å². The fourth-order valence-electron chi connectivity index (χ4n) is 2.81. The Labute approximate surface area is 163 Å². The van der Waals surface area contributed by atoms with Crippen LogP contribution in [0.3, 0.4) is 0 Å². The van der Waals surface area contributed by atoms with Crippen LogP contribution in [0.15, 0.2) is 47.0 Å². The van der Waals surface area contributed by atoms with Crippen LogP contribution in [0.4, 0.5) is 0 Å². The minimum Gasteiger partial charge on any atom is -0.494 e. The molecule has 0 aromatic heterocycles. The van der Waals surface area contributed by atoms with Gasteiger partial charge in [0, 0.05) is 11.7 Å². The van der Waals surface area contributed by atoms with Crippen molar-refractivity contribution < 1.29 is 19.1 Å². The van der Waals surface area contributed by atoms with Gasteiger partial charge in [0.2, 0.25) is 5.91 Å². The van der Waals surface area contributed by atoms with E-state index in [0.717, 1.165) is 5.57 Å². The standard InChI is InChI=1S/C20H22N2O4S/c1-5-26-14-8-6-13(7-9-14)16-15(10-21)19(27-11-12(2)3)22-18(23)17(16)20(24)25-4/h6-9,16-17H,2,5,11H2,1,3-4H3,(H,22,23)/t16?,17-/m0/s1. The summed E-state index contributed by atoms with van der Waals surface area (Å²) in [6.45, 7) is 8.12. The Morgan fingerprint density at radius 2 is 2.04 bits per heavy atom. The molecule has 0 saturated carbocycles. The maximum Gasteiger partial charge on any atom is 0.319 e. The molecular weight excluding hydrogens is 364 g/mol. The number of ether oxygens (including phenoxy) is 2. The van der Waals surface area contributed by atoms with E-state index in [0.29, 0.717) is 34.3 Å². The summed E-state index contributed by atoms with van der Waals surface area (Å²) in [6.07, 6.45) is 0. The molecule has 1 aromatic rings. The van der Waals surface area contributed by atoms with Gasteiger partial charge >= 0.3 is 5.97 Å². The van der Waals surface area contributed by atoms with Gasteiger partial charge in [0.25, 0.3) is 0 Å². The summed E-state index contributed by atoms with van der Waals surface area (Å²) in [4.78, 5) is 25.0. The average molecular weight is 386 g/mol. The van der Waals surface area contributed by atoms with E-state index in [1.807, 2.05) is 13.8 Å². The molecule has 0 bridgehead atoms. The number of hydrogen-bond donors (Lipinski definition) is 1. The number of methoxy groups -OCH3 is 1. The van der Waals surface area contributed by atoms with E-state index in [2.05, 4.69) is 18.0 Å². The highest BCUT2D eigenvalue weighted by Crippen LogP contribution is 2.40. The zero-order valence-electron chi connectivity index (χ0n) is 15.6. The zero-order valence-corrected chi connectivity index (χ0v) is 16.4. The molecule has 7 heteroatoms. The number of amides is 1. The van der Waals surface area contributed by atoms with E-state index in [4.69, 9.17) is 9.47 Å². The van der Waals surface area contributed by atoms with Crippen LogP contribution >= 0.6 is 11.8 Å². The molecule has 142 valence electrons. The number of nitriles is 1. The van der Waals surface area contributed by atoms with Crippen LogP contribution in [0.5, 0.6) is 5.75 Å². The smallest absolute Gasteiger partial charge is 0.319 e. The molecule has 1 aliphatic rings. The topological polar surface area (TPSA) is 88.4 Å². The van der Waals surface area contributed by atoms with Crippen LogP contribution in [-0.2, 0) is 14.3 Å². The van der Waals surface area contributed by atoms with Crippen LogP contribution < -0.4 is 10.1 Å². The van der Waals surface area contributed by atoms with Crippen molar-refractivity contribution >= 4 is 23.6 Å². The van der Waals surface area contributed by atoms with Crippen molar-refractivity contribution in [3.05, 3.63) is 52.6 Å². The van der Waals surface area contributed by atoms with Gasteiger partial charge in [-0.25, -0.2) is 0 Å². The van der Waals surface area contributed by atoms with E-state index < -0.39 is 23.7 Å². The molecule has 1 aromatic carbocycles. The first kappa shape index (κ1) is 20.6. The minimum atomic E-state index is -1.13. The third-order valence-electron chi connectivity index (χ3n) is 4.00. The van der Waals surface area contributed by atoms with Crippen molar-refractivity contribution in [2.45, 2.75) is 19.8 Å². The molecule has 1 unspecified atom stereocenters. The van der Waals surface area contributed by atoms with Gasteiger partial charge in [0.1, 0.15) is 11.7 Å². The van der Waals surface area contributed by atoms with Crippen molar-refractivity contribution in [3.63, 3.8) is 0 Å². The second kappa shape index (κ2) is 9.28. The Morgan fingerprint density at radius 3 is 2.56 bits per heavy atom. The van der Waals surface area contributed by atoms with Crippen molar-refractivity contribution in [2.75, 3.05) is 19.5 Å². The highest BCUT2D eigenvalue weighted by atomic mass is 32.2. The van der Waals surface area contributed by atoms with Crippen molar-refractivity contribution in [1.82, 2.24) is 5.32 Å². The molecule has 1 aliphatic heterocycles. The fourth-order valence-corrected chi connectivity index (χ4v) is 3.70. The Balaban J connectivity index is 2.53. The summed E-state index contributed by atoms with van der Waals surface area (Å²) in [6, 6.07) is 9.22. The van der Waals surface area contributed by atoms with E-state index in [1.54, 1.807) is 24.3 Å². The summed E-state index contributed by atoms with van der Waals surface area (Å²) in [5, 5.41) is 12.9. The van der Waals surface area contributed by atoms with Gasteiger partial charge in [0.15, 0.2) is 0 Å². The summed E-state index contributed by atoms with van der Waals surface area (Å²) < 4.78 is 10.3. The van der Waals surface area contributed by atoms with E-state index in [9.17, 15) is 14.9 Å². The number of nitrogens with zero attached hydrogens (tertiary/aromatic N) is 1. The van der Waals surface area contributed by atoms with Crippen LogP contribution in [0.1, 0.15) is 25.3 Å². The maximum atomic E-state index is 12.6. The number of nitrogens with one attached hydrogen (secondary N) is 1. The predicted octanol–water partition coefficient (Wildman–Crippen LogP) is 3.13. The molecule has 0 radical (unpaired) electrons. The van der Waals surface area contributed by atoms with Crippen LogP contribution in [-0.4, -0.2) is 31.3 Å². The maximum absolute atomic E-state index is 12.6. The van der Waals surface area contributed by atoms with Gasteiger partial charge in [0.05, 0.1) is 30.4 Å². The lowest BCUT2D eigenvalue weighted by atomic mass is 9.78. The summed E-state index contributed by atoms with van der Waals surface area (Å²) in [5.41, 5.74) is 1.92.